The van der Waals surface area contributed by atoms with Gasteiger partial charge < -0.3 is 40.6 Å². The van der Waals surface area contributed by atoms with E-state index in [2.05, 4.69) is 16.0 Å². The lowest BCUT2D eigenvalue weighted by Crippen LogP contribution is -2.63. The minimum atomic E-state index is -2.14. The van der Waals surface area contributed by atoms with Crippen molar-refractivity contribution < 1.29 is 42.9 Å². The predicted molar refractivity (Wildman–Crippen MR) is 216 cm³/mol. The summed E-state index contributed by atoms with van der Waals surface area (Å²) in [6.45, 7) is 10.9. The Morgan fingerprint density at radius 2 is 1.19 bits per heavy atom. The zero-order valence-electron chi connectivity index (χ0n) is 34.0. The third kappa shape index (κ3) is 13.6. The van der Waals surface area contributed by atoms with Crippen molar-refractivity contribution in [2.24, 2.45) is 5.73 Å². The largest absolute Gasteiger partial charge is 0.458 e. The van der Waals surface area contributed by atoms with Gasteiger partial charge in [-0.05, 0) is 108 Å². The van der Waals surface area contributed by atoms with E-state index in [1.807, 2.05) is 78.9 Å². The number of ether oxygens (including phenoxy) is 4. The van der Waals surface area contributed by atoms with Crippen LogP contribution in [0.1, 0.15) is 103 Å². The van der Waals surface area contributed by atoms with Gasteiger partial charge in [0.25, 0.3) is 0 Å². The molecule has 0 aromatic heterocycles. The van der Waals surface area contributed by atoms with Crippen LogP contribution in [0.3, 0.4) is 0 Å². The molecule has 13 nitrogen and oxygen atoms in total. The maximum atomic E-state index is 14.5. The first-order chi connectivity index (χ1) is 27.0. The lowest BCUT2D eigenvalue weighted by atomic mass is 9.83. The fourth-order valence-electron chi connectivity index (χ4n) is 6.53. The Hall–Kier alpha value is -5.43. The van der Waals surface area contributed by atoms with Crippen LogP contribution in [0.4, 0.5) is 14.4 Å². The summed E-state index contributed by atoms with van der Waals surface area (Å²) in [6.07, 6.45) is -0.604. The van der Waals surface area contributed by atoms with Crippen LogP contribution in [0, 0.1) is 0 Å². The summed E-state index contributed by atoms with van der Waals surface area (Å²) in [5, 5.41) is 8.07. The highest BCUT2D eigenvalue weighted by Gasteiger charge is 2.47. The molecule has 308 valence electrons. The van der Waals surface area contributed by atoms with E-state index < -0.39 is 52.8 Å². The fourth-order valence-corrected chi connectivity index (χ4v) is 6.53. The molecule has 0 unspecified atom stereocenters. The van der Waals surface area contributed by atoms with E-state index in [9.17, 15) is 24.0 Å². The highest BCUT2D eigenvalue weighted by atomic mass is 16.6. The van der Waals surface area contributed by atoms with E-state index in [0.29, 0.717) is 19.3 Å². The Balaban J connectivity index is 1.44. The molecule has 1 aliphatic carbocycles. The van der Waals surface area contributed by atoms with E-state index in [4.69, 9.17) is 24.7 Å². The second-order valence-electron chi connectivity index (χ2n) is 16.2. The highest BCUT2D eigenvalue weighted by Crippen LogP contribution is 2.44. The normalized spacial score (nSPS) is 13.9. The molecule has 0 saturated heterocycles. The number of amides is 3. The minimum absolute atomic E-state index is 0.0151. The van der Waals surface area contributed by atoms with Gasteiger partial charge in [0.1, 0.15) is 24.4 Å². The number of alkyl carbamates (subject to hydrolysis) is 3. The smallest absolute Gasteiger partial charge is 0.407 e. The van der Waals surface area contributed by atoms with Crippen molar-refractivity contribution in [1.82, 2.24) is 16.0 Å². The van der Waals surface area contributed by atoms with Crippen LogP contribution in [0.25, 0.3) is 11.1 Å². The third-order valence-corrected chi connectivity index (χ3v) is 9.22. The standard InChI is InChI=1S/C44H58N4O9/c1-42(2,3)56-38(50)44(45,25-15-17-27-46-39(51)54-28-30-18-8-7-9-19-30)37(49)36(24-14-16-26-47-40(52)57-43(4,5)6)48-41(53)55-29-35-33-22-12-10-20-31(33)32-21-11-13-23-34(32)35/h7-13,18-23,35-36H,14-17,24-29,45H2,1-6H3,(H,46,51)(H,47,52)(H,48,53)/t36-,44+/m0/s1. The Labute approximate surface area is 335 Å². The Kier molecular flexibility index (Phi) is 15.6. The average molecular weight is 787 g/mol. The van der Waals surface area contributed by atoms with Crippen LogP contribution in [0.5, 0.6) is 0 Å². The number of fused-ring (bicyclic) bond motifs is 3. The van der Waals surface area contributed by atoms with Gasteiger partial charge in [-0.25, -0.2) is 19.2 Å². The zero-order chi connectivity index (χ0) is 41.6. The van der Waals surface area contributed by atoms with Crippen LogP contribution >= 0.6 is 0 Å². The molecule has 0 radical (unpaired) electrons. The Bertz CT molecular complexity index is 1790. The van der Waals surface area contributed by atoms with Crippen LogP contribution in [0.2, 0.25) is 0 Å². The number of rotatable bonds is 18. The number of hydrogen-bond acceptors (Lipinski definition) is 10. The number of unbranched alkanes of at least 4 members (excludes halogenated alkanes) is 2. The molecule has 0 heterocycles. The number of nitrogens with two attached hydrogens (primary N) is 1. The van der Waals surface area contributed by atoms with Crippen molar-refractivity contribution in [3.8, 4) is 11.1 Å². The predicted octanol–water partition coefficient (Wildman–Crippen LogP) is 7.29. The molecular formula is C44H58N4O9. The molecule has 1 aliphatic rings. The second kappa shape index (κ2) is 20.1. The van der Waals surface area contributed by atoms with Gasteiger partial charge in [-0.3, -0.25) is 4.79 Å². The molecule has 0 fully saturated rings. The van der Waals surface area contributed by atoms with E-state index in [0.717, 1.165) is 27.8 Å². The summed E-state index contributed by atoms with van der Waals surface area (Å²) < 4.78 is 22.0. The molecule has 13 heteroatoms. The van der Waals surface area contributed by atoms with Crippen molar-refractivity contribution in [3.63, 3.8) is 0 Å². The minimum Gasteiger partial charge on any atom is -0.458 e. The van der Waals surface area contributed by atoms with Crippen molar-refractivity contribution in [1.29, 1.82) is 0 Å². The first kappa shape index (κ1) is 44.3. The first-order valence-electron chi connectivity index (χ1n) is 19.6. The molecule has 0 aliphatic heterocycles. The fraction of sp³-hybridized carbons (Fsp3) is 0.477. The number of ketones is 1. The zero-order valence-corrected chi connectivity index (χ0v) is 34.0. The van der Waals surface area contributed by atoms with Crippen molar-refractivity contribution in [2.45, 2.75) is 115 Å². The summed E-state index contributed by atoms with van der Waals surface area (Å²) >= 11 is 0. The van der Waals surface area contributed by atoms with E-state index in [1.54, 1.807) is 41.5 Å². The Morgan fingerprint density at radius 1 is 0.649 bits per heavy atom. The number of nitrogens with one attached hydrogen (secondary N) is 3. The molecule has 2 atom stereocenters. The highest BCUT2D eigenvalue weighted by molar-refractivity contribution is 6.11. The Morgan fingerprint density at radius 3 is 1.79 bits per heavy atom. The van der Waals surface area contributed by atoms with Crippen LogP contribution < -0.4 is 21.7 Å². The summed E-state index contributed by atoms with van der Waals surface area (Å²) in [5.74, 6) is -1.88. The summed E-state index contributed by atoms with van der Waals surface area (Å²) in [7, 11) is 0. The summed E-state index contributed by atoms with van der Waals surface area (Å²) in [4.78, 5) is 66.2. The molecule has 57 heavy (non-hydrogen) atoms. The summed E-state index contributed by atoms with van der Waals surface area (Å²) in [6, 6.07) is 23.9. The maximum absolute atomic E-state index is 14.5. The SMILES string of the molecule is CC(C)(C)OC(=O)NCCCC[C@H](NC(=O)OCC1c2ccccc2-c2ccccc21)C(=O)[C@](N)(CCCCNC(=O)OCc1ccccc1)C(=O)OC(C)(C)C. The van der Waals surface area contributed by atoms with E-state index >= 15 is 0 Å². The van der Waals surface area contributed by atoms with Crippen molar-refractivity contribution in [3.05, 3.63) is 95.6 Å². The average Bonchev–Trinajstić information content (AvgIpc) is 3.47. The van der Waals surface area contributed by atoms with Gasteiger partial charge >= 0.3 is 24.2 Å². The molecule has 3 amide bonds. The monoisotopic (exact) mass is 786 g/mol. The topological polar surface area (TPSA) is 184 Å². The van der Waals surface area contributed by atoms with E-state index in [-0.39, 0.29) is 51.5 Å². The molecule has 3 aromatic rings. The van der Waals surface area contributed by atoms with Gasteiger partial charge in [-0.2, -0.15) is 0 Å². The number of Topliss-reactive ketones (excluding diaryl/α,β-unsaturated/α-hetero) is 1. The molecule has 5 N–H and O–H groups in total. The third-order valence-electron chi connectivity index (χ3n) is 9.22. The number of carbonyl (C=O) groups is 5. The number of carbonyl (C=O) groups excluding carboxylic acids is 5. The van der Waals surface area contributed by atoms with Crippen LogP contribution in [-0.2, 0) is 35.1 Å². The van der Waals surface area contributed by atoms with E-state index in [1.165, 1.54) is 0 Å². The molecule has 3 aromatic carbocycles. The number of benzene rings is 3. The second-order valence-corrected chi connectivity index (χ2v) is 16.2. The van der Waals surface area contributed by atoms with Gasteiger partial charge in [0.05, 0.1) is 6.04 Å². The summed E-state index contributed by atoms with van der Waals surface area (Å²) in [5.41, 5.74) is 8.00. The van der Waals surface area contributed by atoms with Crippen LogP contribution in [0.15, 0.2) is 78.9 Å². The maximum Gasteiger partial charge on any atom is 0.407 e. The molecule has 0 spiro atoms. The molecule has 4 rings (SSSR count). The van der Waals surface area contributed by atoms with Crippen molar-refractivity contribution in [2.75, 3.05) is 19.7 Å². The van der Waals surface area contributed by atoms with Gasteiger partial charge in [0.15, 0.2) is 11.3 Å². The lowest BCUT2D eigenvalue weighted by Gasteiger charge is -2.33. The quantitative estimate of drug-likeness (QED) is 0.0442. The van der Waals surface area contributed by atoms with Gasteiger partial charge in [-0.15, -0.1) is 0 Å². The first-order valence-corrected chi connectivity index (χ1v) is 19.6. The van der Waals surface area contributed by atoms with Crippen LogP contribution in [-0.4, -0.2) is 72.5 Å². The molecule has 0 bridgehead atoms. The van der Waals surface area contributed by atoms with Gasteiger partial charge in [-0.1, -0.05) is 78.9 Å². The molecule has 0 saturated carbocycles. The van der Waals surface area contributed by atoms with Gasteiger partial charge in [0, 0.05) is 19.0 Å². The number of hydrogen-bond donors (Lipinski definition) is 4. The van der Waals surface area contributed by atoms with Gasteiger partial charge in [0.2, 0.25) is 0 Å². The lowest BCUT2D eigenvalue weighted by molar-refractivity contribution is -0.165. The van der Waals surface area contributed by atoms with Crippen molar-refractivity contribution >= 4 is 30.0 Å². The number of esters is 1. The molecular weight excluding hydrogens is 729 g/mol.